The van der Waals surface area contributed by atoms with Gasteiger partial charge < -0.3 is 5.32 Å². The van der Waals surface area contributed by atoms with Crippen LogP contribution >= 0.6 is 0 Å². The van der Waals surface area contributed by atoms with Crippen molar-refractivity contribution in [2.45, 2.75) is 39.2 Å². The molecule has 1 unspecified atom stereocenters. The highest BCUT2D eigenvalue weighted by Gasteiger charge is 2.11. The lowest BCUT2D eigenvalue weighted by molar-refractivity contribution is -0.385. The Morgan fingerprint density at radius 2 is 2.12 bits per heavy atom. The fraction of sp³-hybridized carbons (Fsp3) is 0.538. The van der Waals surface area contributed by atoms with Gasteiger partial charge in [-0.1, -0.05) is 31.5 Å². The number of nitrogens with one attached hydrogen (secondary N) is 1. The van der Waals surface area contributed by atoms with Crippen molar-refractivity contribution in [3.05, 3.63) is 39.9 Å². The molecule has 0 saturated carbocycles. The van der Waals surface area contributed by atoms with Crippen LogP contribution in [0.1, 0.15) is 32.3 Å². The SMILES string of the molecule is CCCC(C)NCCc1ccccc1[N+](=O)[O-]. The highest BCUT2D eigenvalue weighted by molar-refractivity contribution is 5.39. The number of hydrogen-bond acceptors (Lipinski definition) is 3. The number of para-hydroxylation sites is 1. The largest absolute Gasteiger partial charge is 0.314 e. The number of benzene rings is 1. The summed E-state index contributed by atoms with van der Waals surface area (Å²) in [4.78, 5) is 10.5. The van der Waals surface area contributed by atoms with Crippen LogP contribution in [0.4, 0.5) is 5.69 Å². The number of hydrogen-bond donors (Lipinski definition) is 1. The second-order valence-electron chi connectivity index (χ2n) is 4.28. The molecule has 0 aliphatic heterocycles. The average Bonchev–Trinajstić information content (AvgIpc) is 2.30. The lowest BCUT2D eigenvalue weighted by Crippen LogP contribution is -2.27. The standard InChI is InChI=1S/C13H20N2O2/c1-3-6-11(2)14-10-9-12-7-4-5-8-13(12)15(16)17/h4-5,7-8,11,14H,3,6,9-10H2,1-2H3. The van der Waals surface area contributed by atoms with Crippen LogP contribution in [0.5, 0.6) is 0 Å². The third kappa shape index (κ3) is 4.53. The summed E-state index contributed by atoms with van der Waals surface area (Å²) in [6.07, 6.45) is 2.99. The summed E-state index contributed by atoms with van der Waals surface area (Å²) < 4.78 is 0. The highest BCUT2D eigenvalue weighted by atomic mass is 16.6. The van der Waals surface area contributed by atoms with Gasteiger partial charge >= 0.3 is 0 Å². The van der Waals surface area contributed by atoms with Crippen LogP contribution in [-0.4, -0.2) is 17.5 Å². The van der Waals surface area contributed by atoms with E-state index < -0.39 is 0 Å². The molecule has 1 aromatic rings. The lowest BCUT2D eigenvalue weighted by Gasteiger charge is -2.12. The second-order valence-corrected chi connectivity index (χ2v) is 4.28. The van der Waals surface area contributed by atoms with Crippen molar-refractivity contribution in [1.29, 1.82) is 0 Å². The third-order valence-corrected chi connectivity index (χ3v) is 2.80. The summed E-state index contributed by atoms with van der Waals surface area (Å²) in [6.45, 7) is 5.08. The van der Waals surface area contributed by atoms with Crippen molar-refractivity contribution in [3.8, 4) is 0 Å². The van der Waals surface area contributed by atoms with Gasteiger partial charge in [-0.2, -0.15) is 0 Å². The number of nitro benzene ring substituents is 1. The first kappa shape index (κ1) is 13.6. The molecule has 0 aliphatic rings. The molecule has 17 heavy (non-hydrogen) atoms. The first-order valence-corrected chi connectivity index (χ1v) is 6.10. The van der Waals surface area contributed by atoms with Crippen molar-refractivity contribution < 1.29 is 4.92 Å². The van der Waals surface area contributed by atoms with E-state index in [0.29, 0.717) is 12.5 Å². The van der Waals surface area contributed by atoms with Crippen LogP contribution in [0, 0.1) is 10.1 Å². The molecule has 0 aliphatic carbocycles. The minimum absolute atomic E-state index is 0.220. The molecule has 0 bridgehead atoms. The van der Waals surface area contributed by atoms with E-state index in [4.69, 9.17) is 0 Å². The molecule has 0 spiro atoms. The molecule has 0 aromatic heterocycles. The Kier molecular flexibility index (Phi) is 5.63. The minimum Gasteiger partial charge on any atom is -0.314 e. The van der Waals surface area contributed by atoms with Gasteiger partial charge in [0.1, 0.15) is 0 Å². The summed E-state index contributed by atoms with van der Waals surface area (Å²) >= 11 is 0. The Hall–Kier alpha value is -1.42. The van der Waals surface area contributed by atoms with E-state index in [2.05, 4.69) is 19.2 Å². The predicted octanol–water partition coefficient (Wildman–Crippen LogP) is 2.92. The van der Waals surface area contributed by atoms with Crippen molar-refractivity contribution in [2.75, 3.05) is 6.54 Å². The summed E-state index contributed by atoms with van der Waals surface area (Å²) in [5.41, 5.74) is 1.02. The van der Waals surface area contributed by atoms with Crippen LogP contribution in [0.3, 0.4) is 0 Å². The third-order valence-electron chi connectivity index (χ3n) is 2.80. The van der Waals surface area contributed by atoms with Crippen molar-refractivity contribution >= 4 is 5.69 Å². The highest BCUT2D eigenvalue weighted by Crippen LogP contribution is 2.17. The molecule has 1 N–H and O–H groups in total. The molecule has 1 rings (SSSR count). The number of rotatable bonds is 7. The summed E-state index contributed by atoms with van der Waals surface area (Å²) in [7, 11) is 0. The maximum Gasteiger partial charge on any atom is 0.272 e. The smallest absolute Gasteiger partial charge is 0.272 e. The molecule has 1 aromatic carbocycles. The van der Waals surface area contributed by atoms with Gasteiger partial charge in [0.05, 0.1) is 4.92 Å². The van der Waals surface area contributed by atoms with Crippen LogP contribution in [0.2, 0.25) is 0 Å². The van der Waals surface area contributed by atoms with E-state index in [9.17, 15) is 10.1 Å². The van der Waals surface area contributed by atoms with Gasteiger partial charge in [-0.25, -0.2) is 0 Å². The molecule has 4 heteroatoms. The van der Waals surface area contributed by atoms with Crippen molar-refractivity contribution in [2.24, 2.45) is 0 Å². The summed E-state index contributed by atoms with van der Waals surface area (Å²) in [5.74, 6) is 0. The number of nitro groups is 1. The van der Waals surface area contributed by atoms with Gasteiger partial charge in [-0.05, 0) is 26.3 Å². The molecular weight excluding hydrogens is 216 g/mol. The monoisotopic (exact) mass is 236 g/mol. The van der Waals surface area contributed by atoms with Crippen molar-refractivity contribution in [3.63, 3.8) is 0 Å². The first-order valence-electron chi connectivity index (χ1n) is 6.10. The van der Waals surface area contributed by atoms with E-state index in [1.54, 1.807) is 12.1 Å². The Bertz CT molecular complexity index is 366. The fourth-order valence-electron chi connectivity index (χ4n) is 1.89. The molecule has 0 radical (unpaired) electrons. The molecule has 1 atom stereocenters. The van der Waals surface area contributed by atoms with Crippen LogP contribution in [0.15, 0.2) is 24.3 Å². The molecule has 0 heterocycles. The quantitative estimate of drug-likeness (QED) is 0.585. The van der Waals surface area contributed by atoms with Gasteiger partial charge in [0.2, 0.25) is 0 Å². The predicted molar refractivity (Wildman–Crippen MR) is 69.2 cm³/mol. The van der Waals surface area contributed by atoms with Crippen molar-refractivity contribution in [1.82, 2.24) is 5.32 Å². The van der Waals surface area contributed by atoms with Gasteiger partial charge in [0.25, 0.3) is 5.69 Å². The lowest BCUT2D eigenvalue weighted by atomic mass is 10.1. The summed E-state index contributed by atoms with van der Waals surface area (Å²) in [5, 5.41) is 14.2. The van der Waals surface area contributed by atoms with E-state index in [1.165, 1.54) is 0 Å². The molecular formula is C13H20N2O2. The topological polar surface area (TPSA) is 55.2 Å². The molecule has 0 saturated heterocycles. The molecule has 0 amide bonds. The first-order chi connectivity index (χ1) is 8.15. The van der Waals surface area contributed by atoms with E-state index >= 15 is 0 Å². The van der Waals surface area contributed by atoms with Crippen LogP contribution in [0.25, 0.3) is 0 Å². The summed E-state index contributed by atoms with van der Waals surface area (Å²) in [6, 6.07) is 7.41. The average molecular weight is 236 g/mol. The Balaban J connectivity index is 2.49. The molecule has 4 nitrogen and oxygen atoms in total. The zero-order chi connectivity index (χ0) is 12.7. The van der Waals surface area contributed by atoms with Crippen LogP contribution in [-0.2, 0) is 6.42 Å². The maximum absolute atomic E-state index is 10.8. The minimum atomic E-state index is -0.315. The Morgan fingerprint density at radius 3 is 2.76 bits per heavy atom. The Morgan fingerprint density at radius 1 is 1.41 bits per heavy atom. The van der Waals surface area contributed by atoms with E-state index in [1.807, 2.05) is 12.1 Å². The van der Waals surface area contributed by atoms with Gasteiger partial charge in [0.15, 0.2) is 0 Å². The van der Waals surface area contributed by atoms with Crippen LogP contribution < -0.4 is 5.32 Å². The zero-order valence-corrected chi connectivity index (χ0v) is 10.5. The number of nitrogens with zero attached hydrogens (tertiary/aromatic N) is 1. The van der Waals surface area contributed by atoms with E-state index in [-0.39, 0.29) is 10.6 Å². The van der Waals surface area contributed by atoms with E-state index in [0.717, 1.165) is 24.9 Å². The fourth-order valence-corrected chi connectivity index (χ4v) is 1.89. The van der Waals surface area contributed by atoms with Gasteiger partial charge in [-0.15, -0.1) is 0 Å². The maximum atomic E-state index is 10.8. The Labute approximate surface area is 102 Å². The molecule has 0 fully saturated rings. The second kappa shape index (κ2) is 7.01. The zero-order valence-electron chi connectivity index (χ0n) is 10.5. The van der Waals surface area contributed by atoms with Gasteiger partial charge in [0, 0.05) is 17.7 Å². The molecule has 94 valence electrons. The van der Waals surface area contributed by atoms with Gasteiger partial charge in [-0.3, -0.25) is 10.1 Å². The normalized spacial score (nSPS) is 12.4.